The highest BCUT2D eigenvalue weighted by molar-refractivity contribution is 6.12. The van der Waals surface area contributed by atoms with Crippen molar-refractivity contribution in [1.82, 2.24) is 14.7 Å². The lowest BCUT2D eigenvalue weighted by Gasteiger charge is -2.52. The van der Waals surface area contributed by atoms with E-state index in [0.717, 1.165) is 56.0 Å². The normalized spacial score (nSPS) is 30.7. The Morgan fingerprint density at radius 3 is 2.51 bits per heavy atom. The van der Waals surface area contributed by atoms with Crippen molar-refractivity contribution in [2.24, 2.45) is 17.3 Å². The average Bonchev–Trinajstić information content (AvgIpc) is 3.41. The van der Waals surface area contributed by atoms with Crippen molar-refractivity contribution >= 4 is 11.8 Å². The second-order valence-corrected chi connectivity index (χ2v) is 12.3. The number of hydrogen-bond donors (Lipinski definition) is 0. The van der Waals surface area contributed by atoms with E-state index >= 15 is 0 Å². The van der Waals surface area contributed by atoms with E-state index in [9.17, 15) is 9.59 Å². The van der Waals surface area contributed by atoms with Crippen molar-refractivity contribution in [2.75, 3.05) is 47.4 Å². The number of carbonyl (C=O) groups is 2. The fraction of sp³-hybridized carbons (Fsp3) is 0.677. The molecule has 6 heteroatoms. The largest absolute Gasteiger partial charge is 0.497 e. The van der Waals surface area contributed by atoms with Gasteiger partial charge in [0, 0.05) is 24.7 Å². The molecule has 0 N–H and O–H groups in total. The number of benzene rings is 1. The molecule has 0 aromatic heterocycles. The fourth-order valence-electron chi connectivity index (χ4n) is 8.39. The van der Waals surface area contributed by atoms with Gasteiger partial charge in [0.1, 0.15) is 5.75 Å². The van der Waals surface area contributed by atoms with Crippen LogP contribution in [0.5, 0.6) is 5.75 Å². The van der Waals surface area contributed by atoms with Crippen LogP contribution in [0.1, 0.15) is 68.9 Å². The minimum Gasteiger partial charge on any atom is -0.497 e. The first kappa shape index (κ1) is 26.4. The van der Waals surface area contributed by atoms with Crippen LogP contribution in [0.15, 0.2) is 30.4 Å². The molecule has 1 unspecified atom stereocenters. The maximum Gasteiger partial charge on any atom is 0.253 e. The Kier molecular flexibility index (Phi) is 7.78. The summed E-state index contributed by atoms with van der Waals surface area (Å²) in [5.41, 5.74) is 3.55. The number of nitrogens with zero attached hydrogens (tertiary/aromatic N) is 3. The van der Waals surface area contributed by atoms with Crippen molar-refractivity contribution in [3.8, 4) is 5.75 Å². The highest BCUT2D eigenvalue weighted by atomic mass is 16.5. The molecule has 2 saturated carbocycles. The molecule has 2 fully saturated rings. The predicted octanol–water partition coefficient (Wildman–Crippen LogP) is 4.49. The van der Waals surface area contributed by atoms with Crippen LogP contribution in [0.2, 0.25) is 0 Å². The number of methoxy groups -OCH3 is 1. The Hall–Kier alpha value is -2.18. The molecular weight excluding hydrogens is 462 g/mol. The van der Waals surface area contributed by atoms with Crippen LogP contribution in [0, 0.1) is 17.3 Å². The Bertz CT molecular complexity index is 1020. The van der Waals surface area contributed by atoms with Crippen molar-refractivity contribution in [3.05, 3.63) is 41.5 Å². The van der Waals surface area contributed by atoms with Crippen molar-refractivity contribution < 1.29 is 14.3 Å². The third kappa shape index (κ3) is 5.12. The van der Waals surface area contributed by atoms with Crippen LogP contribution in [0.3, 0.4) is 0 Å². The summed E-state index contributed by atoms with van der Waals surface area (Å²) in [7, 11) is 6.27. The third-order valence-corrected chi connectivity index (χ3v) is 10.3. The summed E-state index contributed by atoms with van der Waals surface area (Å²) in [6.45, 7) is 6.19. The predicted molar refractivity (Wildman–Crippen MR) is 147 cm³/mol. The molecule has 1 aromatic carbocycles. The van der Waals surface area contributed by atoms with Gasteiger partial charge >= 0.3 is 0 Å². The van der Waals surface area contributed by atoms with Crippen molar-refractivity contribution in [1.29, 1.82) is 0 Å². The lowest BCUT2D eigenvalue weighted by atomic mass is 9.55. The summed E-state index contributed by atoms with van der Waals surface area (Å²) in [6, 6.07) is 7.49. The maximum atomic E-state index is 11.7. The van der Waals surface area contributed by atoms with Crippen LogP contribution in [0.25, 0.3) is 0 Å². The van der Waals surface area contributed by atoms with Crippen LogP contribution in [0.4, 0.5) is 0 Å². The van der Waals surface area contributed by atoms with E-state index in [2.05, 4.69) is 49.0 Å². The standard InChI is InChI=1S/C31H45N3O3/c1-31-16-15-25-24-10-8-23(37-4)21-22(24)7-9-26(25)27(31)11-12-28(31)33(3)19-5-17-32(2)18-6-20-34-29(35)13-14-30(34)36/h8,10,13-14,21,25-28H,5-7,9,11-12,15-20H2,1-4H3/t25-,26-,27+,28?,31+/m1/s1. The molecule has 5 atom stereocenters. The number of imide groups is 1. The van der Waals surface area contributed by atoms with E-state index in [-0.39, 0.29) is 11.8 Å². The summed E-state index contributed by atoms with van der Waals surface area (Å²) in [5.74, 6) is 3.04. The van der Waals surface area contributed by atoms with Gasteiger partial charge in [-0.2, -0.15) is 0 Å². The molecule has 0 spiro atoms. The van der Waals surface area contributed by atoms with E-state index in [4.69, 9.17) is 4.74 Å². The third-order valence-electron chi connectivity index (χ3n) is 10.3. The Balaban J connectivity index is 1.10. The molecular formula is C31H45N3O3. The molecule has 5 rings (SSSR count). The van der Waals surface area contributed by atoms with Gasteiger partial charge in [-0.3, -0.25) is 14.5 Å². The second-order valence-electron chi connectivity index (χ2n) is 12.3. The van der Waals surface area contributed by atoms with Crippen LogP contribution >= 0.6 is 0 Å². The summed E-state index contributed by atoms with van der Waals surface area (Å²) in [6.07, 6.45) is 12.6. The first-order valence-electron chi connectivity index (χ1n) is 14.4. The molecule has 2 amide bonds. The van der Waals surface area contributed by atoms with Crippen LogP contribution < -0.4 is 4.74 Å². The minimum atomic E-state index is -0.177. The SMILES string of the molecule is COc1ccc2c(c1)CC[C@@H]1[C@@H]2CC[C@]2(C)C(N(C)CCCN(C)CCCN3C(=O)C=CC3=O)CC[C@@H]12. The van der Waals surface area contributed by atoms with E-state index in [1.807, 2.05) is 0 Å². The maximum absolute atomic E-state index is 11.7. The molecule has 202 valence electrons. The Morgan fingerprint density at radius 1 is 1.00 bits per heavy atom. The number of rotatable bonds is 10. The second kappa shape index (κ2) is 10.9. The molecule has 0 saturated heterocycles. The van der Waals surface area contributed by atoms with E-state index in [1.54, 1.807) is 12.7 Å². The monoisotopic (exact) mass is 507 g/mol. The van der Waals surface area contributed by atoms with Crippen LogP contribution in [-0.2, 0) is 16.0 Å². The molecule has 1 aromatic rings. The molecule has 1 aliphatic heterocycles. The fourth-order valence-corrected chi connectivity index (χ4v) is 8.39. The molecule has 0 radical (unpaired) electrons. The number of ether oxygens (including phenoxy) is 1. The summed E-state index contributed by atoms with van der Waals surface area (Å²) in [5, 5.41) is 0. The van der Waals surface area contributed by atoms with Gasteiger partial charge in [0.15, 0.2) is 0 Å². The van der Waals surface area contributed by atoms with Gasteiger partial charge in [-0.05, 0) is 132 Å². The highest BCUT2D eigenvalue weighted by Gasteiger charge is 2.55. The van der Waals surface area contributed by atoms with Gasteiger partial charge < -0.3 is 14.5 Å². The van der Waals surface area contributed by atoms with Gasteiger partial charge in [0.2, 0.25) is 0 Å². The number of aryl methyl sites for hydroxylation is 1. The zero-order chi connectivity index (χ0) is 26.2. The van der Waals surface area contributed by atoms with Gasteiger partial charge in [-0.25, -0.2) is 0 Å². The van der Waals surface area contributed by atoms with E-state index in [1.165, 1.54) is 61.1 Å². The zero-order valence-electron chi connectivity index (χ0n) is 23.2. The first-order valence-corrected chi connectivity index (χ1v) is 14.4. The number of hydrogen-bond acceptors (Lipinski definition) is 5. The zero-order valence-corrected chi connectivity index (χ0v) is 23.2. The molecule has 4 aliphatic rings. The lowest BCUT2D eigenvalue weighted by molar-refractivity contribution is -0.136. The lowest BCUT2D eigenvalue weighted by Crippen LogP contribution is -2.49. The molecule has 6 nitrogen and oxygen atoms in total. The highest BCUT2D eigenvalue weighted by Crippen LogP contribution is 2.61. The number of fused-ring (bicyclic) bond motifs is 5. The summed E-state index contributed by atoms with van der Waals surface area (Å²) in [4.78, 5) is 29.8. The minimum absolute atomic E-state index is 0.177. The molecule has 37 heavy (non-hydrogen) atoms. The Morgan fingerprint density at radius 2 is 1.76 bits per heavy atom. The quantitative estimate of drug-likeness (QED) is 0.437. The topological polar surface area (TPSA) is 53.1 Å². The van der Waals surface area contributed by atoms with E-state index < -0.39 is 0 Å². The number of carbonyl (C=O) groups excluding carboxylic acids is 2. The van der Waals surface area contributed by atoms with E-state index in [0.29, 0.717) is 18.0 Å². The summed E-state index contributed by atoms with van der Waals surface area (Å²) < 4.78 is 5.50. The molecule has 0 bridgehead atoms. The van der Waals surface area contributed by atoms with Crippen molar-refractivity contribution in [3.63, 3.8) is 0 Å². The Labute approximate surface area is 223 Å². The van der Waals surface area contributed by atoms with Gasteiger partial charge in [-0.15, -0.1) is 0 Å². The average molecular weight is 508 g/mol. The number of amides is 2. The first-order chi connectivity index (χ1) is 17.8. The van der Waals surface area contributed by atoms with Crippen molar-refractivity contribution in [2.45, 2.75) is 70.3 Å². The van der Waals surface area contributed by atoms with Crippen LogP contribution in [-0.4, -0.2) is 79.9 Å². The molecule has 3 aliphatic carbocycles. The van der Waals surface area contributed by atoms with Gasteiger partial charge in [0.25, 0.3) is 11.8 Å². The molecule has 1 heterocycles. The smallest absolute Gasteiger partial charge is 0.253 e. The van der Waals surface area contributed by atoms with Gasteiger partial charge in [-0.1, -0.05) is 13.0 Å². The van der Waals surface area contributed by atoms with Gasteiger partial charge in [0.05, 0.1) is 7.11 Å². The summed E-state index contributed by atoms with van der Waals surface area (Å²) >= 11 is 0.